The zero-order valence-electron chi connectivity index (χ0n) is 14.3. The quantitative estimate of drug-likeness (QED) is 0.665. The van der Waals surface area contributed by atoms with Crippen molar-refractivity contribution in [1.82, 2.24) is 10.2 Å². The van der Waals surface area contributed by atoms with Crippen LogP contribution < -0.4 is 5.32 Å². The smallest absolute Gasteiger partial charge is 0.407 e. The van der Waals surface area contributed by atoms with E-state index in [0.717, 1.165) is 31.2 Å². The topological polar surface area (TPSA) is 71.0 Å². The van der Waals surface area contributed by atoms with E-state index in [1.54, 1.807) is 4.90 Å². The molecule has 6 nitrogen and oxygen atoms in total. The van der Waals surface area contributed by atoms with Crippen molar-refractivity contribution >= 4 is 18.3 Å². The Morgan fingerprint density at radius 3 is 2.50 bits per heavy atom. The summed E-state index contributed by atoms with van der Waals surface area (Å²) in [4.78, 5) is 29.5. The predicted octanol–water partition coefficient (Wildman–Crippen LogP) is 2.59. The van der Waals surface area contributed by atoms with Gasteiger partial charge >= 0.3 is 6.09 Å². The lowest BCUT2D eigenvalue weighted by Gasteiger charge is -2.27. The Labute approximate surface area is 142 Å². The van der Waals surface area contributed by atoms with Crippen molar-refractivity contribution in [2.75, 3.05) is 14.1 Å². The molecule has 6 heteroatoms. The van der Waals surface area contributed by atoms with Crippen LogP contribution in [0.4, 0.5) is 4.79 Å². The molecule has 2 rings (SSSR count). The number of nitrogens with zero attached hydrogens (tertiary/aromatic N) is 2. The van der Waals surface area contributed by atoms with Gasteiger partial charge in [0, 0.05) is 26.1 Å². The standard InChI is InChI=1S/C18H25N3O3/c1-21(2)13-19-17(22)15-8-10-16(11-9-15)20-18(23)24-12-14-6-4-3-5-7-14/h3-7,13,15-16H,8-12H2,1-2H3,(H,20,23)/b19-13+/t15-,16-. The molecule has 0 atom stereocenters. The van der Waals surface area contributed by atoms with Gasteiger partial charge in [-0.15, -0.1) is 0 Å². The van der Waals surface area contributed by atoms with Crippen molar-refractivity contribution in [3.05, 3.63) is 35.9 Å². The second-order valence-corrected chi connectivity index (χ2v) is 6.30. The Morgan fingerprint density at radius 2 is 1.88 bits per heavy atom. The van der Waals surface area contributed by atoms with Gasteiger partial charge in [-0.25, -0.2) is 9.79 Å². The molecule has 1 aromatic carbocycles. The summed E-state index contributed by atoms with van der Waals surface area (Å²) in [5, 5.41) is 2.88. The van der Waals surface area contributed by atoms with Crippen molar-refractivity contribution in [2.45, 2.75) is 38.3 Å². The first-order valence-electron chi connectivity index (χ1n) is 8.26. The van der Waals surface area contributed by atoms with Gasteiger partial charge in [0.05, 0.1) is 6.34 Å². The van der Waals surface area contributed by atoms with Crippen LogP contribution in [0.1, 0.15) is 31.2 Å². The van der Waals surface area contributed by atoms with Gasteiger partial charge < -0.3 is 15.0 Å². The number of benzene rings is 1. The molecule has 130 valence electrons. The van der Waals surface area contributed by atoms with Gasteiger partial charge in [-0.05, 0) is 31.2 Å². The summed E-state index contributed by atoms with van der Waals surface area (Å²) < 4.78 is 5.22. The van der Waals surface area contributed by atoms with Gasteiger partial charge in [0.2, 0.25) is 5.91 Å². The molecule has 1 N–H and O–H groups in total. The summed E-state index contributed by atoms with van der Waals surface area (Å²) >= 11 is 0. The van der Waals surface area contributed by atoms with Crippen LogP contribution in [0.3, 0.4) is 0 Å². The second kappa shape index (κ2) is 9.05. The third-order valence-electron chi connectivity index (χ3n) is 4.03. The van der Waals surface area contributed by atoms with Crippen molar-refractivity contribution in [1.29, 1.82) is 0 Å². The Hall–Kier alpha value is -2.37. The molecule has 0 spiro atoms. The highest BCUT2D eigenvalue weighted by molar-refractivity contribution is 5.86. The minimum atomic E-state index is -0.403. The lowest BCUT2D eigenvalue weighted by atomic mass is 9.85. The van der Waals surface area contributed by atoms with Crippen LogP contribution in [0.15, 0.2) is 35.3 Å². The van der Waals surface area contributed by atoms with E-state index in [1.807, 2.05) is 44.4 Å². The molecule has 0 heterocycles. The van der Waals surface area contributed by atoms with Crippen molar-refractivity contribution in [3.8, 4) is 0 Å². The number of amides is 2. The Kier molecular flexibility index (Phi) is 6.78. The lowest BCUT2D eigenvalue weighted by molar-refractivity contribution is -0.122. The summed E-state index contributed by atoms with van der Waals surface area (Å²) in [6, 6.07) is 9.64. The number of hydrogen-bond donors (Lipinski definition) is 1. The van der Waals surface area contributed by atoms with Crippen molar-refractivity contribution in [2.24, 2.45) is 10.9 Å². The van der Waals surface area contributed by atoms with E-state index in [0.29, 0.717) is 0 Å². The molecule has 24 heavy (non-hydrogen) atoms. The van der Waals surface area contributed by atoms with Crippen LogP contribution in [0.2, 0.25) is 0 Å². The third kappa shape index (κ3) is 6.02. The van der Waals surface area contributed by atoms with E-state index in [2.05, 4.69) is 10.3 Å². The summed E-state index contributed by atoms with van der Waals surface area (Å²) in [6.45, 7) is 0.264. The molecule has 0 bridgehead atoms. The maximum atomic E-state index is 12.0. The first kappa shape index (κ1) is 18.0. The van der Waals surface area contributed by atoms with Crippen LogP contribution in [-0.2, 0) is 16.1 Å². The van der Waals surface area contributed by atoms with Gasteiger partial charge in [0.1, 0.15) is 6.61 Å². The van der Waals surface area contributed by atoms with Crippen LogP contribution in [0.25, 0.3) is 0 Å². The fourth-order valence-electron chi connectivity index (χ4n) is 2.69. The fourth-order valence-corrected chi connectivity index (χ4v) is 2.69. The maximum Gasteiger partial charge on any atom is 0.407 e. The normalized spacial score (nSPS) is 20.6. The molecule has 0 aromatic heterocycles. The highest BCUT2D eigenvalue weighted by atomic mass is 16.5. The van der Waals surface area contributed by atoms with Crippen LogP contribution in [0.5, 0.6) is 0 Å². The van der Waals surface area contributed by atoms with E-state index in [1.165, 1.54) is 6.34 Å². The number of aliphatic imine (C=N–C) groups is 1. The first-order chi connectivity index (χ1) is 11.5. The number of rotatable bonds is 5. The summed E-state index contributed by atoms with van der Waals surface area (Å²) in [6.07, 6.45) is 4.16. The monoisotopic (exact) mass is 331 g/mol. The summed E-state index contributed by atoms with van der Waals surface area (Å²) in [7, 11) is 3.66. The van der Waals surface area contributed by atoms with Crippen LogP contribution in [-0.4, -0.2) is 43.4 Å². The maximum absolute atomic E-state index is 12.0. The molecule has 1 aliphatic carbocycles. The number of carbonyl (C=O) groups excluding carboxylic acids is 2. The molecule has 0 saturated heterocycles. The molecule has 2 amide bonds. The molecule has 0 unspecified atom stereocenters. The van der Waals surface area contributed by atoms with Crippen molar-refractivity contribution in [3.63, 3.8) is 0 Å². The Bertz CT molecular complexity index is 564. The zero-order valence-corrected chi connectivity index (χ0v) is 14.3. The van der Waals surface area contributed by atoms with E-state index < -0.39 is 6.09 Å². The Balaban J connectivity index is 1.69. The molecule has 0 aliphatic heterocycles. The molecule has 1 aromatic rings. The van der Waals surface area contributed by atoms with Gasteiger partial charge in [0.15, 0.2) is 0 Å². The van der Waals surface area contributed by atoms with Gasteiger partial charge in [-0.3, -0.25) is 4.79 Å². The minimum Gasteiger partial charge on any atom is -0.445 e. The van der Waals surface area contributed by atoms with Crippen LogP contribution in [0, 0.1) is 5.92 Å². The highest BCUT2D eigenvalue weighted by Crippen LogP contribution is 2.25. The predicted molar refractivity (Wildman–Crippen MR) is 92.7 cm³/mol. The second-order valence-electron chi connectivity index (χ2n) is 6.30. The van der Waals surface area contributed by atoms with Crippen molar-refractivity contribution < 1.29 is 14.3 Å². The number of carbonyl (C=O) groups is 2. The largest absolute Gasteiger partial charge is 0.445 e. The summed E-state index contributed by atoms with van der Waals surface area (Å²) in [5.74, 6) is -0.117. The molecule has 0 radical (unpaired) electrons. The lowest BCUT2D eigenvalue weighted by Crippen LogP contribution is -2.38. The first-order valence-corrected chi connectivity index (χ1v) is 8.26. The SMILES string of the molecule is CN(C)/C=N/C(=O)[C@H]1CC[C@H](NC(=O)OCc2ccccc2)CC1. The number of hydrogen-bond acceptors (Lipinski definition) is 3. The molecule has 1 fully saturated rings. The van der Waals surface area contributed by atoms with Crippen LogP contribution >= 0.6 is 0 Å². The van der Waals surface area contributed by atoms with E-state index in [-0.39, 0.29) is 24.5 Å². The summed E-state index contributed by atoms with van der Waals surface area (Å²) in [5.41, 5.74) is 0.959. The highest BCUT2D eigenvalue weighted by Gasteiger charge is 2.27. The average molecular weight is 331 g/mol. The number of nitrogens with one attached hydrogen (secondary N) is 1. The number of alkyl carbamates (subject to hydrolysis) is 1. The molecule has 1 saturated carbocycles. The van der Waals surface area contributed by atoms with Gasteiger partial charge in [-0.1, -0.05) is 30.3 Å². The fraction of sp³-hybridized carbons (Fsp3) is 0.500. The Morgan fingerprint density at radius 1 is 1.21 bits per heavy atom. The van der Waals surface area contributed by atoms with E-state index in [9.17, 15) is 9.59 Å². The molecular weight excluding hydrogens is 306 g/mol. The molecule has 1 aliphatic rings. The van der Waals surface area contributed by atoms with Gasteiger partial charge in [-0.2, -0.15) is 0 Å². The molecular formula is C18H25N3O3. The zero-order chi connectivity index (χ0) is 17.4. The minimum absolute atomic E-state index is 0.0420. The van der Waals surface area contributed by atoms with E-state index in [4.69, 9.17) is 4.74 Å². The van der Waals surface area contributed by atoms with Gasteiger partial charge in [0.25, 0.3) is 0 Å². The average Bonchev–Trinajstić information content (AvgIpc) is 2.59. The van der Waals surface area contributed by atoms with E-state index >= 15 is 0 Å². The third-order valence-corrected chi connectivity index (χ3v) is 4.03. The number of ether oxygens (including phenoxy) is 1.